The van der Waals surface area contributed by atoms with E-state index < -0.39 is 0 Å². The average molecular weight is 251 g/mol. The smallest absolute Gasteiger partial charge is 0.0638 e. The molecule has 4 heteroatoms. The Bertz CT molecular complexity index is 356. The van der Waals surface area contributed by atoms with Crippen molar-refractivity contribution in [2.45, 2.75) is 46.1 Å². The van der Waals surface area contributed by atoms with Crippen molar-refractivity contribution in [3.8, 4) is 0 Å². The molecule has 1 aliphatic carbocycles. The number of nitrogens with zero attached hydrogens (tertiary/aromatic N) is 1. The molecule has 1 saturated carbocycles. The van der Waals surface area contributed by atoms with Gasteiger partial charge in [-0.1, -0.05) is 12.8 Å². The van der Waals surface area contributed by atoms with Crippen LogP contribution in [0.15, 0.2) is 0 Å². The van der Waals surface area contributed by atoms with Crippen LogP contribution in [-0.2, 0) is 6.54 Å². The van der Waals surface area contributed by atoms with Crippen LogP contribution >= 0.6 is 0 Å². The Morgan fingerprint density at radius 3 is 2.61 bits per heavy atom. The molecule has 0 bridgehead atoms. The van der Waals surface area contributed by atoms with Crippen molar-refractivity contribution in [2.24, 2.45) is 11.8 Å². The summed E-state index contributed by atoms with van der Waals surface area (Å²) in [5.41, 5.74) is 3.52. The van der Waals surface area contributed by atoms with Gasteiger partial charge in [0.05, 0.1) is 5.69 Å². The highest BCUT2D eigenvalue weighted by Gasteiger charge is 2.23. The molecule has 1 fully saturated rings. The first-order chi connectivity index (χ1) is 8.72. The zero-order valence-electron chi connectivity index (χ0n) is 11.5. The zero-order valence-corrected chi connectivity index (χ0v) is 11.5. The molecule has 0 aliphatic heterocycles. The number of nitrogens with one attached hydrogen (secondary N) is 2. The Morgan fingerprint density at radius 2 is 2.00 bits per heavy atom. The lowest BCUT2D eigenvalue weighted by molar-refractivity contribution is 0.133. The second-order valence-electron chi connectivity index (χ2n) is 5.53. The normalized spacial score (nSPS) is 24.4. The fraction of sp³-hybridized carbons (Fsp3) is 0.786. The van der Waals surface area contributed by atoms with Gasteiger partial charge in [-0.3, -0.25) is 5.10 Å². The minimum Gasteiger partial charge on any atom is -0.396 e. The Morgan fingerprint density at radius 1 is 1.28 bits per heavy atom. The largest absolute Gasteiger partial charge is 0.396 e. The highest BCUT2D eigenvalue weighted by Crippen LogP contribution is 2.29. The summed E-state index contributed by atoms with van der Waals surface area (Å²) in [6.07, 6.45) is 5.03. The number of hydrogen-bond donors (Lipinski definition) is 3. The van der Waals surface area contributed by atoms with E-state index in [1.54, 1.807) is 0 Å². The van der Waals surface area contributed by atoms with E-state index in [9.17, 15) is 5.11 Å². The second kappa shape index (κ2) is 6.34. The topological polar surface area (TPSA) is 60.9 Å². The van der Waals surface area contributed by atoms with Gasteiger partial charge in [-0.25, -0.2) is 0 Å². The van der Waals surface area contributed by atoms with E-state index in [4.69, 9.17) is 0 Å². The number of aliphatic hydroxyl groups is 1. The highest BCUT2D eigenvalue weighted by molar-refractivity contribution is 5.22. The standard InChI is InChI=1S/C14H25N3O/c1-10-14(11(2)17-16-10)8-15-7-12-5-3-4-6-13(12)9-18/h12-13,15,18H,3-9H2,1-2H3,(H,16,17). The Balaban J connectivity index is 1.81. The average Bonchev–Trinajstić information content (AvgIpc) is 2.71. The van der Waals surface area contributed by atoms with Gasteiger partial charge < -0.3 is 10.4 Å². The van der Waals surface area contributed by atoms with Crippen molar-refractivity contribution in [2.75, 3.05) is 13.2 Å². The molecule has 1 aromatic rings. The van der Waals surface area contributed by atoms with E-state index in [0.717, 1.165) is 24.5 Å². The number of aromatic nitrogens is 2. The highest BCUT2D eigenvalue weighted by atomic mass is 16.3. The molecule has 18 heavy (non-hydrogen) atoms. The maximum absolute atomic E-state index is 9.39. The van der Waals surface area contributed by atoms with E-state index in [0.29, 0.717) is 18.4 Å². The van der Waals surface area contributed by atoms with Crippen LogP contribution in [0.2, 0.25) is 0 Å². The predicted octanol–water partition coefficient (Wildman–Crippen LogP) is 1.91. The summed E-state index contributed by atoms with van der Waals surface area (Å²) in [7, 11) is 0. The lowest BCUT2D eigenvalue weighted by atomic mass is 9.79. The van der Waals surface area contributed by atoms with E-state index in [2.05, 4.69) is 22.4 Å². The number of H-pyrrole nitrogens is 1. The molecular weight excluding hydrogens is 226 g/mol. The molecule has 2 unspecified atom stereocenters. The van der Waals surface area contributed by atoms with E-state index in [1.165, 1.54) is 31.2 Å². The molecule has 3 N–H and O–H groups in total. The molecule has 1 heterocycles. The summed E-state index contributed by atoms with van der Waals surface area (Å²) in [5, 5.41) is 20.1. The fourth-order valence-corrected chi connectivity index (χ4v) is 3.01. The van der Waals surface area contributed by atoms with E-state index >= 15 is 0 Å². The van der Waals surface area contributed by atoms with Crippen molar-refractivity contribution in [1.29, 1.82) is 0 Å². The minimum absolute atomic E-state index is 0.343. The third kappa shape index (κ3) is 3.12. The van der Waals surface area contributed by atoms with Gasteiger partial charge >= 0.3 is 0 Å². The lowest BCUT2D eigenvalue weighted by Crippen LogP contribution is -2.32. The van der Waals surface area contributed by atoms with Crippen LogP contribution in [0.5, 0.6) is 0 Å². The third-order valence-corrected chi connectivity index (χ3v) is 4.29. The first-order valence-electron chi connectivity index (χ1n) is 7.04. The predicted molar refractivity (Wildman–Crippen MR) is 72.3 cm³/mol. The quantitative estimate of drug-likeness (QED) is 0.749. The van der Waals surface area contributed by atoms with Crippen molar-refractivity contribution < 1.29 is 5.11 Å². The van der Waals surface area contributed by atoms with Gasteiger partial charge in [0.1, 0.15) is 0 Å². The van der Waals surface area contributed by atoms with Crippen LogP contribution in [-0.4, -0.2) is 28.5 Å². The minimum atomic E-state index is 0.343. The van der Waals surface area contributed by atoms with Gasteiger partial charge in [0, 0.05) is 24.4 Å². The second-order valence-corrected chi connectivity index (χ2v) is 5.53. The first kappa shape index (κ1) is 13.6. The van der Waals surface area contributed by atoms with E-state index in [-0.39, 0.29) is 0 Å². The fourth-order valence-electron chi connectivity index (χ4n) is 3.01. The summed E-state index contributed by atoms with van der Waals surface area (Å²) < 4.78 is 0. The van der Waals surface area contributed by atoms with Crippen molar-refractivity contribution in [1.82, 2.24) is 15.5 Å². The van der Waals surface area contributed by atoms with Gasteiger partial charge in [-0.05, 0) is 45.1 Å². The Labute approximate surface area is 109 Å². The third-order valence-electron chi connectivity index (χ3n) is 4.29. The molecule has 2 atom stereocenters. The molecule has 1 aromatic heterocycles. The van der Waals surface area contributed by atoms with Crippen molar-refractivity contribution in [3.05, 3.63) is 17.0 Å². The number of rotatable bonds is 5. The lowest BCUT2D eigenvalue weighted by Gasteiger charge is -2.30. The molecular formula is C14H25N3O. The SMILES string of the molecule is Cc1n[nH]c(C)c1CNCC1CCCCC1CO. The Kier molecular flexibility index (Phi) is 4.78. The van der Waals surface area contributed by atoms with Gasteiger partial charge in [-0.15, -0.1) is 0 Å². The molecule has 0 amide bonds. The molecule has 4 nitrogen and oxygen atoms in total. The van der Waals surface area contributed by atoms with Gasteiger partial charge in [-0.2, -0.15) is 5.10 Å². The zero-order chi connectivity index (χ0) is 13.0. The van der Waals surface area contributed by atoms with Crippen LogP contribution in [0, 0.1) is 25.7 Å². The van der Waals surface area contributed by atoms with Gasteiger partial charge in [0.2, 0.25) is 0 Å². The molecule has 0 radical (unpaired) electrons. The summed E-state index contributed by atoms with van der Waals surface area (Å²) in [5.74, 6) is 1.13. The molecule has 0 saturated heterocycles. The van der Waals surface area contributed by atoms with Crippen molar-refractivity contribution >= 4 is 0 Å². The molecule has 1 aliphatic rings. The summed E-state index contributed by atoms with van der Waals surface area (Å²) >= 11 is 0. The summed E-state index contributed by atoms with van der Waals surface area (Å²) in [4.78, 5) is 0. The molecule has 0 spiro atoms. The maximum atomic E-state index is 9.39. The monoisotopic (exact) mass is 251 g/mol. The number of aromatic amines is 1. The number of hydrogen-bond acceptors (Lipinski definition) is 3. The molecule has 2 rings (SSSR count). The number of aryl methyl sites for hydroxylation is 2. The van der Waals surface area contributed by atoms with E-state index in [1.807, 2.05) is 6.92 Å². The van der Waals surface area contributed by atoms with Crippen LogP contribution in [0.1, 0.15) is 42.6 Å². The van der Waals surface area contributed by atoms with Crippen LogP contribution in [0.4, 0.5) is 0 Å². The van der Waals surface area contributed by atoms with Crippen LogP contribution < -0.4 is 5.32 Å². The first-order valence-corrected chi connectivity index (χ1v) is 7.04. The Hall–Kier alpha value is -0.870. The molecule has 0 aromatic carbocycles. The molecule has 102 valence electrons. The van der Waals surface area contributed by atoms with Gasteiger partial charge in [0.15, 0.2) is 0 Å². The summed E-state index contributed by atoms with van der Waals surface area (Å²) in [6, 6.07) is 0. The van der Waals surface area contributed by atoms with Gasteiger partial charge in [0.25, 0.3) is 0 Å². The van der Waals surface area contributed by atoms with Crippen molar-refractivity contribution in [3.63, 3.8) is 0 Å². The number of aliphatic hydroxyl groups excluding tert-OH is 1. The summed E-state index contributed by atoms with van der Waals surface area (Å²) in [6.45, 7) is 6.33. The van der Waals surface area contributed by atoms with Crippen LogP contribution in [0.25, 0.3) is 0 Å². The van der Waals surface area contributed by atoms with Crippen LogP contribution in [0.3, 0.4) is 0 Å². The maximum Gasteiger partial charge on any atom is 0.0638 e.